The van der Waals surface area contributed by atoms with Crippen LogP contribution >= 0.6 is 0 Å². The lowest BCUT2D eigenvalue weighted by atomic mass is 9.94. The Bertz CT molecular complexity index is 944. The summed E-state index contributed by atoms with van der Waals surface area (Å²) in [4.78, 5) is 24.8. The third-order valence-corrected chi connectivity index (χ3v) is 4.14. The zero-order valence-electron chi connectivity index (χ0n) is 14.6. The molecule has 0 spiro atoms. The van der Waals surface area contributed by atoms with Gasteiger partial charge in [-0.05, 0) is 25.1 Å². The standard InChI is InChI=1S/C19H17F2N3O3/c1-10-16(18(25)23-14-5-3-4-6-15(14)27-2)17(24-19(26)22-10)12-8-7-11(20)9-13(12)21/h3-9,17H,1-2H3,(H,23,25)(H2,22,24,26)/t17-/m1/s1. The molecular formula is C19H17F2N3O3. The van der Waals surface area contributed by atoms with E-state index in [4.69, 9.17) is 4.74 Å². The molecule has 27 heavy (non-hydrogen) atoms. The van der Waals surface area contributed by atoms with Crippen LogP contribution in [0.5, 0.6) is 5.75 Å². The van der Waals surface area contributed by atoms with Crippen molar-refractivity contribution in [3.8, 4) is 5.75 Å². The zero-order chi connectivity index (χ0) is 19.6. The van der Waals surface area contributed by atoms with Crippen LogP contribution in [-0.4, -0.2) is 19.0 Å². The van der Waals surface area contributed by atoms with Gasteiger partial charge in [0.25, 0.3) is 5.91 Å². The summed E-state index contributed by atoms with van der Waals surface area (Å²) in [6.45, 7) is 1.53. The molecule has 0 saturated heterocycles. The number of urea groups is 1. The number of allylic oxidation sites excluding steroid dienone is 1. The fraction of sp³-hybridized carbons (Fsp3) is 0.158. The average molecular weight is 373 g/mol. The Morgan fingerprint density at radius 2 is 1.93 bits per heavy atom. The molecule has 0 saturated carbocycles. The van der Waals surface area contributed by atoms with Crippen LogP contribution in [0.1, 0.15) is 18.5 Å². The van der Waals surface area contributed by atoms with E-state index >= 15 is 0 Å². The predicted octanol–water partition coefficient (Wildman–Crippen LogP) is 3.24. The summed E-state index contributed by atoms with van der Waals surface area (Å²) in [6.07, 6.45) is 0. The van der Waals surface area contributed by atoms with Crippen LogP contribution in [0.2, 0.25) is 0 Å². The number of amides is 3. The number of hydrogen-bond donors (Lipinski definition) is 3. The molecule has 0 fully saturated rings. The smallest absolute Gasteiger partial charge is 0.319 e. The molecule has 0 bridgehead atoms. The largest absolute Gasteiger partial charge is 0.495 e. The number of carbonyl (C=O) groups is 2. The molecule has 140 valence electrons. The van der Waals surface area contributed by atoms with Crippen molar-refractivity contribution in [2.75, 3.05) is 12.4 Å². The maximum absolute atomic E-state index is 14.3. The van der Waals surface area contributed by atoms with Crippen molar-refractivity contribution < 1.29 is 23.1 Å². The molecule has 8 heteroatoms. The Morgan fingerprint density at radius 3 is 2.63 bits per heavy atom. The first-order valence-corrected chi connectivity index (χ1v) is 8.08. The second-order valence-electron chi connectivity index (χ2n) is 5.89. The molecule has 3 rings (SSSR count). The van der Waals surface area contributed by atoms with E-state index in [1.807, 2.05) is 0 Å². The summed E-state index contributed by atoms with van der Waals surface area (Å²) in [5.41, 5.74) is 0.766. The Balaban J connectivity index is 2.00. The summed E-state index contributed by atoms with van der Waals surface area (Å²) in [5, 5.41) is 7.70. The number of para-hydroxylation sites is 2. The minimum Gasteiger partial charge on any atom is -0.495 e. The van der Waals surface area contributed by atoms with E-state index in [0.29, 0.717) is 17.5 Å². The van der Waals surface area contributed by atoms with Crippen LogP contribution in [0, 0.1) is 11.6 Å². The minimum atomic E-state index is -1.07. The van der Waals surface area contributed by atoms with Crippen molar-refractivity contribution in [3.05, 3.63) is 70.9 Å². The minimum absolute atomic E-state index is 0.0178. The lowest BCUT2D eigenvalue weighted by Crippen LogP contribution is -2.46. The molecule has 0 radical (unpaired) electrons. The summed E-state index contributed by atoms with van der Waals surface area (Å²) >= 11 is 0. The van der Waals surface area contributed by atoms with E-state index < -0.39 is 29.6 Å². The second kappa shape index (κ2) is 7.45. The molecule has 0 aliphatic carbocycles. The number of nitrogens with one attached hydrogen (secondary N) is 3. The van der Waals surface area contributed by atoms with E-state index in [0.717, 1.165) is 6.07 Å². The molecule has 2 aromatic rings. The van der Waals surface area contributed by atoms with Crippen LogP contribution in [0.4, 0.5) is 19.3 Å². The highest BCUT2D eigenvalue weighted by molar-refractivity contribution is 6.07. The lowest BCUT2D eigenvalue weighted by molar-refractivity contribution is -0.113. The third-order valence-electron chi connectivity index (χ3n) is 4.14. The Hall–Kier alpha value is -3.42. The van der Waals surface area contributed by atoms with Gasteiger partial charge in [0, 0.05) is 17.3 Å². The predicted molar refractivity (Wildman–Crippen MR) is 95.1 cm³/mol. The second-order valence-corrected chi connectivity index (χ2v) is 5.89. The SMILES string of the molecule is COc1ccccc1NC(=O)C1=C(C)NC(=O)N[C@@H]1c1ccc(F)cc1F. The topological polar surface area (TPSA) is 79.5 Å². The quantitative estimate of drug-likeness (QED) is 0.770. The highest BCUT2D eigenvalue weighted by Gasteiger charge is 2.33. The van der Waals surface area contributed by atoms with E-state index in [9.17, 15) is 18.4 Å². The van der Waals surface area contributed by atoms with E-state index in [1.165, 1.54) is 20.1 Å². The zero-order valence-corrected chi connectivity index (χ0v) is 14.6. The molecule has 2 aromatic carbocycles. The number of ether oxygens (including phenoxy) is 1. The molecule has 0 unspecified atom stereocenters. The molecule has 0 aromatic heterocycles. The van der Waals surface area contributed by atoms with Crippen molar-refractivity contribution >= 4 is 17.6 Å². The molecular weight excluding hydrogens is 356 g/mol. The number of rotatable bonds is 4. The summed E-state index contributed by atoms with van der Waals surface area (Å²) in [7, 11) is 1.47. The molecule has 1 atom stereocenters. The van der Waals surface area contributed by atoms with Crippen LogP contribution in [0.25, 0.3) is 0 Å². The molecule has 3 N–H and O–H groups in total. The Kier molecular flexibility index (Phi) is 5.07. The van der Waals surface area contributed by atoms with Gasteiger partial charge in [0.1, 0.15) is 17.4 Å². The normalized spacial score (nSPS) is 16.4. The van der Waals surface area contributed by atoms with Gasteiger partial charge < -0.3 is 20.7 Å². The van der Waals surface area contributed by atoms with Gasteiger partial charge in [0.15, 0.2) is 0 Å². The number of halogens is 2. The van der Waals surface area contributed by atoms with Crippen LogP contribution < -0.4 is 20.7 Å². The first kappa shape index (κ1) is 18.4. The molecule has 1 aliphatic heterocycles. The fourth-order valence-electron chi connectivity index (χ4n) is 2.90. The highest BCUT2D eigenvalue weighted by atomic mass is 19.1. The summed E-state index contributed by atoms with van der Waals surface area (Å²) < 4.78 is 32.7. The van der Waals surface area contributed by atoms with Gasteiger partial charge in [0.05, 0.1) is 24.4 Å². The van der Waals surface area contributed by atoms with Crippen LogP contribution in [0.15, 0.2) is 53.7 Å². The van der Waals surface area contributed by atoms with Crippen LogP contribution in [0.3, 0.4) is 0 Å². The first-order valence-electron chi connectivity index (χ1n) is 8.08. The number of hydrogen-bond acceptors (Lipinski definition) is 3. The van der Waals surface area contributed by atoms with Gasteiger partial charge in [-0.15, -0.1) is 0 Å². The van der Waals surface area contributed by atoms with Crippen LogP contribution in [-0.2, 0) is 4.79 Å². The maximum Gasteiger partial charge on any atom is 0.319 e. The average Bonchev–Trinajstić information content (AvgIpc) is 2.61. The Labute approximate surface area is 154 Å². The third kappa shape index (κ3) is 3.74. The lowest BCUT2D eigenvalue weighted by Gasteiger charge is -2.29. The van der Waals surface area contributed by atoms with E-state index in [-0.39, 0.29) is 16.8 Å². The van der Waals surface area contributed by atoms with E-state index in [2.05, 4.69) is 16.0 Å². The maximum atomic E-state index is 14.3. The van der Waals surface area contributed by atoms with Gasteiger partial charge in [-0.25, -0.2) is 13.6 Å². The van der Waals surface area contributed by atoms with Crippen molar-refractivity contribution in [1.82, 2.24) is 10.6 Å². The van der Waals surface area contributed by atoms with Gasteiger partial charge in [-0.3, -0.25) is 4.79 Å². The first-order chi connectivity index (χ1) is 12.9. The Morgan fingerprint density at radius 1 is 1.19 bits per heavy atom. The van der Waals surface area contributed by atoms with Gasteiger partial charge in [-0.1, -0.05) is 18.2 Å². The number of methoxy groups -OCH3 is 1. The van der Waals surface area contributed by atoms with Crippen molar-refractivity contribution in [1.29, 1.82) is 0 Å². The highest BCUT2D eigenvalue weighted by Crippen LogP contribution is 2.31. The van der Waals surface area contributed by atoms with Crippen molar-refractivity contribution in [2.45, 2.75) is 13.0 Å². The molecule has 6 nitrogen and oxygen atoms in total. The number of benzene rings is 2. The van der Waals surface area contributed by atoms with Gasteiger partial charge in [0.2, 0.25) is 0 Å². The molecule has 1 aliphatic rings. The van der Waals surface area contributed by atoms with Gasteiger partial charge in [-0.2, -0.15) is 0 Å². The van der Waals surface area contributed by atoms with Crippen molar-refractivity contribution in [3.63, 3.8) is 0 Å². The molecule has 3 amide bonds. The fourth-order valence-corrected chi connectivity index (χ4v) is 2.90. The van der Waals surface area contributed by atoms with Gasteiger partial charge >= 0.3 is 6.03 Å². The van der Waals surface area contributed by atoms with E-state index in [1.54, 1.807) is 24.3 Å². The van der Waals surface area contributed by atoms with Crippen molar-refractivity contribution in [2.24, 2.45) is 0 Å². The number of carbonyl (C=O) groups excluding carboxylic acids is 2. The summed E-state index contributed by atoms with van der Waals surface area (Å²) in [6, 6.07) is 8.10. The number of anilines is 1. The molecule has 1 heterocycles. The monoisotopic (exact) mass is 373 g/mol. The summed E-state index contributed by atoms with van der Waals surface area (Å²) in [5.74, 6) is -1.73.